The van der Waals surface area contributed by atoms with Gasteiger partial charge in [-0.2, -0.15) is 0 Å². The number of hydrogen-bond acceptors (Lipinski definition) is 2. The molecule has 0 saturated heterocycles. The average Bonchev–Trinajstić information content (AvgIpc) is 2.68. The van der Waals surface area contributed by atoms with Crippen molar-refractivity contribution in [1.29, 1.82) is 0 Å². The Kier molecular flexibility index (Phi) is 6.13. The van der Waals surface area contributed by atoms with E-state index >= 15 is 0 Å². The summed E-state index contributed by atoms with van der Waals surface area (Å²) in [5.74, 6) is 0.0354. The number of thioether (sulfide) groups is 1. The lowest BCUT2D eigenvalue weighted by atomic mass is 9.97. The minimum Gasteiger partial charge on any atom is -0.344 e. The normalized spacial score (nSPS) is 13.0. The van der Waals surface area contributed by atoms with Crippen molar-refractivity contribution in [2.75, 3.05) is 0 Å². The zero-order valence-corrected chi connectivity index (χ0v) is 15.9. The number of aryl methyl sites for hydroxylation is 1. The van der Waals surface area contributed by atoms with E-state index in [1.165, 1.54) is 5.56 Å². The van der Waals surface area contributed by atoms with Crippen molar-refractivity contribution in [3.63, 3.8) is 0 Å². The molecule has 132 valence electrons. The minimum atomic E-state index is -0.172. The highest BCUT2D eigenvalue weighted by Crippen LogP contribution is 2.26. The van der Waals surface area contributed by atoms with Gasteiger partial charge in [-0.05, 0) is 37.1 Å². The third-order valence-corrected chi connectivity index (χ3v) is 5.37. The number of benzene rings is 3. The quantitative estimate of drug-likeness (QED) is 0.597. The summed E-state index contributed by atoms with van der Waals surface area (Å²) in [6, 6.07) is 28.3. The van der Waals surface area contributed by atoms with E-state index in [0.29, 0.717) is 0 Å². The molecule has 2 nitrogen and oxygen atoms in total. The van der Waals surface area contributed by atoms with Gasteiger partial charge in [-0.15, -0.1) is 11.8 Å². The van der Waals surface area contributed by atoms with Gasteiger partial charge >= 0.3 is 0 Å². The molecule has 3 rings (SSSR count). The van der Waals surface area contributed by atoms with E-state index in [1.54, 1.807) is 11.8 Å². The maximum absolute atomic E-state index is 12.8. The molecular weight excluding hydrogens is 338 g/mol. The number of carbonyl (C=O) groups is 1. The van der Waals surface area contributed by atoms with E-state index in [2.05, 4.69) is 48.6 Å². The minimum absolute atomic E-state index is 0.0354. The monoisotopic (exact) mass is 361 g/mol. The van der Waals surface area contributed by atoms with E-state index < -0.39 is 0 Å². The molecule has 3 aromatic carbocycles. The summed E-state index contributed by atoms with van der Waals surface area (Å²) in [5, 5.41) is 3.06. The first-order valence-electron chi connectivity index (χ1n) is 8.77. The maximum Gasteiger partial charge on any atom is 0.233 e. The van der Waals surface area contributed by atoms with Crippen LogP contribution in [0.4, 0.5) is 0 Å². The summed E-state index contributed by atoms with van der Waals surface area (Å²) in [6.07, 6.45) is 0. The number of amides is 1. The van der Waals surface area contributed by atoms with Crippen LogP contribution in [0.3, 0.4) is 0 Å². The molecule has 0 aliphatic carbocycles. The molecular formula is C23H23NOS. The predicted molar refractivity (Wildman–Crippen MR) is 109 cm³/mol. The highest BCUT2D eigenvalue weighted by Gasteiger charge is 2.21. The van der Waals surface area contributed by atoms with Gasteiger partial charge in [-0.3, -0.25) is 4.79 Å². The lowest BCUT2D eigenvalue weighted by molar-refractivity contribution is -0.120. The fourth-order valence-corrected chi connectivity index (χ4v) is 3.68. The van der Waals surface area contributed by atoms with E-state index in [-0.39, 0.29) is 17.2 Å². The third-order valence-electron chi connectivity index (χ3n) is 4.26. The first kappa shape index (κ1) is 18.3. The van der Waals surface area contributed by atoms with Crippen LogP contribution in [-0.4, -0.2) is 11.2 Å². The summed E-state index contributed by atoms with van der Waals surface area (Å²) in [5.41, 5.74) is 3.38. The average molecular weight is 362 g/mol. The highest BCUT2D eigenvalue weighted by molar-refractivity contribution is 8.00. The van der Waals surface area contributed by atoms with Gasteiger partial charge in [-0.25, -0.2) is 0 Å². The molecule has 2 atom stereocenters. The predicted octanol–water partition coefficient (Wildman–Crippen LogP) is 5.38. The topological polar surface area (TPSA) is 29.1 Å². The first-order valence-corrected chi connectivity index (χ1v) is 9.65. The van der Waals surface area contributed by atoms with Gasteiger partial charge in [0.1, 0.15) is 0 Å². The smallest absolute Gasteiger partial charge is 0.233 e. The summed E-state index contributed by atoms with van der Waals surface area (Å²) in [6.45, 7) is 4.02. The van der Waals surface area contributed by atoms with Gasteiger partial charge < -0.3 is 5.32 Å². The maximum atomic E-state index is 12.8. The molecule has 0 bridgehead atoms. The van der Waals surface area contributed by atoms with E-state index in [9.17, 15) is 4.79 Å². The van der Waals surface area contributed by atoms with Gasteiger partial charge in [-0.1, -0.05) is 78.4 Å². The fraction of sp³-hybridized carbons (Fsp3) is 0.174. The molecule has 3 aromatic rings. The summed E-state index contributed by atoms with van der Waals surface area (Å²) >= 11 is 1.57. The van der Waals surface area contributed by atoms with Crippen LogP contribution in [0.2, 0.25) is 0 Å². The van der Waals surface area contributed by atoms with Crippen molar-refractivity contribution in [1.82, 2.24) is 5.32 Å². The Balaban J connectivity index is 1.79. The molecule has 1 N–H and O–H groups in total. The second-order valence-corrected chi connectivity index (χ2v) is 7.75. The molecule has 0 heterocycles. The molecule has 0 radical (unpaired) electrons. The molecule has 0 unspecified atom stereocenters. The number of hydrogen-bond donors (Lipinski definition) is 1. The number of rotatable bonds is 6. The van der Waals surface area contributed by atoms with Crippen molar-refractivity contribution in [3.8, 4) is 0 Å². The van der Waals surface area contributed by atoms with Crippen LogP contribution in [0.5, 0.6) is 0 Å². The van der Waals surface area contributed by atoms with Crippen molar-refractivity contribution < 1.29 is 4.79 Å². The molecule has 26 heavy (non-hydrogen) atoms. The SMILES string of the molecule is Cc1ccc([C@H](NC(=O)[C@@H](C)Sc2ccccc2)c2ccccc2)cc1. The molecule has 0 aliphatic heterocycles. The zero-order chi connectivity index (χ0) is 18.4. The van der Waals surface area contributed by atoms with Gasteiger partial charge in [0, 0.05) is 4.90 Å². The Morgan fingerprint density at radius 2 is 1.35 bits per heavy atom. The van der Waals surface area contributed by atoms with Crippen LogP contribution in [0.1, 0.15) is 29.7 Å². The van der Waals surface area contributed by atoms with Crippen LogP contribution in [-0.2, 0) is 4.79 Å². The van der Waals surface area contributed by atoms with Crippen LogP contribution >= 0.6 is 11.8 Å². The summed E-state index contributed by atoms with van der Waals surface area (Å²) in [7, 11) is 0. The molecule has 0 aliphatic rings. The third kappa shape index (κ3) is 4.77. The number of nitrogens with one attached hydrogen (secondary N) is 1. The Morgan fingerprint density at radius 3 is 1.96 bits per heavy atom. The highest BCUT2D eigenvalue weighted by atomic mass is 32.2. The second-order valence-electron chi connectivity index (χ2n) is 6.34. The molecule has 0 spiro atoms. The standard InChI is InChI=1S/C23H23NOS/c1-17-13-15-20(16-14-17)22(19-9-5-3-6-10-19)24-23(25)18(2)26-21-11-7-4-8-12-21/h3-16,18,22H,1-2H3,(H,24,25)/t18-,22-/m1/s1. The van der Waals surface area contributed by atoms with Gasteiger partial charge in [0.05, 0.1) is 11.3 Å². The molecule has 0 saturated carbocycles. The molecule has 3 heteroatoms. The van der Waals surface area contributed by atoms with Crippen molar-refractivity contribution in [2.24, 2.45) is 0 Å². The van der Waals surface area contributed by atoms with Crippen LogP contribution < -0.4 is 5.32 Å². The van der Waals surface area contributed by atoms with Crippen molar-refractivity contribution in [3.05, 3.63) is 102 Å². The fourth-order valence-electron chi connectivity index (χ4n) is 2.78. The Labute approximate surface area is 159 Å². The van der Waals surface area contributed by atoms with Crippen LogP contribution in [0.25, 0.3) is 0 Å². The van der Waals surface area contributed by atoms with E-state index in [4.69, 9.17) is 0 Å². The van der Waals surface area contributed by atoms with Gasteiger partial charge in [0.25, 0.3) is 0 Å². The zero-order valence-electron chi connectivity index (χ0n) is 15.1. The van der Waals surface area contributed by atoms with Crippen LogP contribution in [0.15, 0.2) is 89.8 Å². The number of carbonyl (C=O) groups excluding carboxylic acids is 1. The Hall–Kier alpha value is -2.52. The molecule has 0 fully saturated rings. The lowest BCUT2D eigenvalue weighted by Gasteiger charge is -2.22. The largest absolute Gasteiger partial charge is 0.344 e. The van der Waals surface area contributed by atoms with E-state index in [1.807, 2.05) is 55.5 Å². The molecule has 0 aromatic heterocycles. The van der Waals surface area contributed by atoms with Gasteiger partial charge in [0.15, 0.2) is 0 Å². The Bertz CT molecular complexity index is 831. The van der Waals surface area contributed by atoms with Gasteiger partial charge in [0.2, 0.25) is 5.91 Å². The Morgan fingerprint density at radius 1 is 0.808 bits per heavy atom. The van der Waals surface area contributed by atoms with Crippen LogP contribution in [0, 0.1) is 6.92 Å². The molecule has 1 amide bonds. The summed E-state index contributed by atoms with van der Waals surface area (Å²) < 4.78 is 0. The first-order chi connectivity index (χ1) is 12.6. The van der Waals surface area contributed by atoms with Crippen molar-refractivity contribution in [2.45, 2.75) is 30.0 Å². The van der Waals surface area contributed by atoms with Crippen molar-refractivity contribution >= 4 is 17.7 Å². The van der Waals surface area contributed by atoms with E-state index in [0.717, 1.165) is 16.0 Å². The lowest BCUT2D eigenvalue weighted by Crippen LogP contribution is -2.34. The summed E-state index contributed by atoms with van der Waals surface area (Å²) in [4.78, 5) is 13.9. The second kappa shape index (κ2) is 8.72.